The van der Waals surface area contributed by atoms with Crippen molar-refractivity contribution in [3.8, 4) is 0 Å². The van der Waals surface area contributed by atoms with Crippen LogP contribution in [0.15, 0.2) is 23.7 Å². The highest BCUT2D eigenvalue weighted by Gasteiger charge is 2.55. The lowest BCUT2D eigenvalue weighted by atomic mass is 9.88. The van der Waals surface area contributed by atoms with Gasteiger partial charge >= 0.3 is 0 Å². The van der Waals surface area contributed by atoms with Gasteiger partial charge in [0.1, 0.15) is 18.6 Å². The zero-order chi connectivity index (χ0) is 22.8. The van der Waals surface area contributed by atoms with Crippen molar-refractivity contribution in [1.82, 2.24) is 15.1 Å². The number of nitrogens with zero attached hydrogens (tertiary/aromatic N) is 2. The van der Waals surface area contributed by atoms with Crippen LogP contribution in [0, 0.1) is 11.8 Å². The van der Waals surface area contributed by atoms with Crippen LogP contribution in [0.25, 0.3) is 0 Å². The first-order valence-electron chi connectivity index (χ1n) is 10.7. The van der Waals surface area contributed by atoms with Gasteiger partial charge in [0.2, 0.25) is 23.6 Å². The number of rotatable bonds is 7. The largest absolute Gasteiger partial charge is 0.489 e. The first-order chi connectivity index (χ1) is 15.4. The molecule has 3 aliphatic heterocycles. The molecule has 0 aromatic heterocycles. The van der Waals surface area contributed by atoms with Crippen LogP contribution in [0.5, 0.6) is 0 Å². The van der Waals surface area contributed by atoms with Gasteiger partial charge in [0.05, 0.1) is 5.92 Å². The smallest absolute Gasteiger partial charge is 0.298 e. The second-order valence-corrected chi connectivity index (χ2v) is 8.35. The number of carbonyl (C=O) groups excluding carboxylic acids is 5. The number of carbonyl (C=O) groups is 5. The molecule has 172 valence electrons. The zero-order valence-corrected chi connectivity index (χ0v) is 17.5. The average Bonchev–Trinajstić information content (AvgIpc) is 3.01. The summed E-state index contributed by atoms with van der Waals surface area (Å²) in [6.07, 6.45) is 4.97. The number of nitrogens with two attached hydrogens (primary N) is 1. The Bertz CT molecular complexity index is 891. The van der Waals surface area contributed by atoms with Crippen LogP contribution in [0.3, 0.4) is 0 Å². The van der Waals surface area contributed by atoms with Crippen LogP contribution >= 0.6 is 0 Å². The molecular formula is C21H26N4O7. The van der Waals surface area contributed by atoms with Crippen molar-refractivity contribution in [3.63, 3.8) is 0 Å². The summed E-state index contributed by atoms with van der Waals surface area (Å²) in [7, 11) is 0. The number of ether oxygens (including phenoxy) is 2. The maximum Gasteiger partial charge on any atom is 0.298 e. The molecule has 1 aliphatic carbocycles. The molecule has 32 heavy (non-hydrogen) atoms. The molecule has 0 aromatic rings. The Morgan fingerprint density at radius 1 is 1.12 bits per heavy atom. The van der Waals surface area contributed by atoms with Crippen molar-refractivity contribution < 1.29 is 33.4 Å². The molecular weight excluding hydrogens is 420 g/mol. The lowest BCUT2D eigenvalue weighted by Gasteiger charge is -2.30. The van der Waals surface area contributed by atoms with Gasteiger partial charge in [-0.05, 0) is 38.4 Å². The molecule has 3 unspecified atom stereocenters. The predicted molar refractivity (Wildman–Crippen MR) is 108 cm³/mol. The Kier molecular flexibility index (Phi) is 6.38. The Morgan fingerprint density at radius 2 is 1.88 bits per heavy atom. The van der Waals surface area contributed by atoms with Crippen LogP contribution in [0.4, 0.5) is 0 Å². The average molecular weight is 446 g/mol. The molecule has 3 fully saturated rings. The van der Waals surface area contributed by atoms with E-state index in [4.69, 9.17) is 15.2 Å². The van der Waals surface area contributed by atoms with Gasteiger partial charge in [0, 0.05) is 19.0 Å². The molecule has 3 heterocycles. The first-order valence-corrected chi connectivity index (χ1v) is 10.7. The summed E-state index contributed by atoms with van der Waals surface area (Å²) in [5.41, 5.74) is 5.92. The first kappa shape index (κ1) is 22.2. The molecule has 3 N–H and O–H groups in total. The molecule has 0 saturated carbocycles. The maximum atomic E-state index is 13.2. The van der Waals surface area contributed by atoms with Gasteiger partial charge < -0.3 is 15.2 Å². The quantitative estimate of drug-likeness (QED) is 0.363. The van der Waals surface area contributed by atoms with Gasteiger partial charge in [-0.1, -0.05) is 6.08 Å². The van der Waals surface area contributed by atoms with Crippen LogP contribution in [-0.2, 0) is 33.4 Å². The fourth-order valence-electron chi connectivity index (χ4n) is 4.61. The van der Waals surface area contributed by atoms with E-state index in [1.54, 1.807) is 0 Å². The van der Waals surface area contributed by atoms with E-state index in [2.05, 4.69) is 10.2 Å². The Morgan fingerprint density at radius 3 is 2.56 bits per heavy atom. The number of allylic oxidation sites excluding steroid dienone is 1. The standard InChI is InChI=1S/C21H26N4O7/c22-12-5-7-24(8-6-12)9-10-31-15-3-1-13-17(18(15)32-11-26)21(30)25(20(13)29)14-2-4-16(27)23-19(14)28/h1,3,11-14,17H,2,4-10,22H2,(H,23,27,28). The third-order valence-corrected chi connectivity index (χ3v) is 6.36. The molecule has 4 amide bonds. The number of likely N-dealkylation sites (tertiary alicyclic amines) is 2. The summed E-state index contributed by atoms with van der Waals surface area (Å²) in [4.78, 5) is 64.0. The van der Waals surface area contributed by atoms with Crippen LogP contribution in [0.2, 0.25) is 0 Å². The normalized spacial score (nSPS) is 29.3. The van der Waals surface area contributed by atoms with Crippen molar-refractivity contribution in [2.75, 3.05) is 26.2 Å². The van der Waals surface area contributed by atoms with Gasteiger partial charge in [0.15, 0.2) is 11.5 Å². The molecule has 0 aromatic carbocycles. The second-order valence-electron chi connectivity index (χ2n) is 8.35. The van der Waals surface area contributed by atoms with E-state index in [0.29, 0.717) is 13.2 Å². The molecule has 3 atom stereocenters. The second kappa shape index (κ2) is 9.21. The van der Waals surface area contributed by atoms with E-state index in [1.807, 2.05) is 0 Å². The van der Waals surface area contributed by atoms with E-state index < -0.39 is 41.5 Å². The number of fused-ring (bicyclic) bond motifs is 1. The molecule has 11 heteroatoms. The minimum Gasteiger partial charge on any atom is -0.489 e. The molecule has 0 spiro atoms. The number of hydrogen-bond donors (Lipinski definition) is 2. The van der Waals surface area contributed by atoms with Gasteiger partial charge in [-0.25, -0.2) is 0 Å². The summed E-state index contributed by atoms with van der Waals surface area (Å²) in [6, 6.07) is -0.849. The van der Waals surface area contributed by atoms with Gasteiger partial charge in [-0.2, -0.15) is 0 Å². The highest BCUT2D eigenvalue weighted by molar-refractivity contribution is 6.12. The lowest BCUT2D eigenvalue weighted by Crippen LogP contribution is -2.54. The third kappa shape index (κ3) is 4.17. The summed E-state index contributed by atoms with van der Waals surface area (Å²) in [5, 5.41) is 2.16. The lowest BCUT2D eigenvalue weighted by molar-refractivity contribution is -0.151. The van der Waals surface area contributed by atoms with E-state index >= 15 is 0 Å². The van der Waals surface area contributed by atoms with Crippen LogP contribution in [0.1, 0.15) is 25.7 Å². The summed E-state index contributed by atoms with van der Waals surface area (Å²) >= 11 is 0. The van der Waals surface area contributed by atoms with Crippen molar-refractivity contribution in [1.29, 1.82) is 0 Å². The Labute approximate surface area is 184 Å². The van der Waals surface area contributed by atoms with E-state index in [1.165, 1.54) is 12.2 Å². The number of piperidine rings is 2. The monoisotopic (exact) mass is 446 g/mol. The Balaban J connectivity index is 1.48. The minimum absolute atomic E-state index is 0.0297. The number of amides is 4. The SMILES string of the molecule is NC1CCN(CCOC2=C(OC=O)C3C(=O)N(C4CCC(=O)NC4=O)C(=O)C3C=C2)CC1. The van der Waals surface area contributed by atoms with Gasteiger partial charge in [-0.15, -0.1) is 0 Å². The van der Waals surface area contributed by atoms with Crippen LogP contribution < -0.4 is 11.1 Å². The highest BCUT2D eigenvalue weighted by Crippen LogP contribution is 2.40. The predicted octanol–water partition coefficient (Wildman–Crippen LogP) is -1.21. The third-order valence-electron chi connectivity index (χ3n) is 6.36. The van der Waals surface area contributed by atoms with Gasteiger partial charge in [0.25, 0.3) is 6.47 Å². The molecule has 0 bridgehead atoms. The molecule has 4 aliphatic rings. The van der Waals surface area contributed by atoms with E-state index in [-0.39, 0.29) is 36.9 Å². The fraction of sp³-hybridized carbons (Fsp3) is 0.571. The van der Waals surface area contributed by atoms with E-state index in [0.717, 1.165) is 30.8 Å². The zero-order valence-electron chi connectivity index (χ0n) is 17.5. The Hall–Kier alpha value is -3.05. The topological polar surface area (TPSA) is 148 Å². The van der Waals surface area contributed by atoms with Crippen molar-refractivity contribution >= 4 is 30.1 Å². The summed E-state index contributed by atoms with van der Waals surface area (Å²) in [6.45, 7) is 2.87. The molecule has 4 rings (SSSR count). The minimum atomic E-state index is -1.09. The van der Waals surface area contributed by atoms with Crippen molar-refractivity contribution in [3.05, 3.63) is 23.7 Å². The van der Waals surface area contributed by atoms with Crippen molar-refractivity contribution in [2.45, 2.75) is 37.8 Å². The summed E-state index contributed by atoms with van der Waals surface area (Å²) < 4.78 is 10.9. The summed E-state index contributed by atoms with van der Waals surface area (Å²) in [5.74, 6) is -4.18. The van der Waals surface area contributed by atoms with Crippen LogP contribution in [-0.4, -0.2) is 78.2 Å². The number of imide groups is 2. The molecule has 11 nitrogen and oxygen atoms in total. The van der Waals surface area contributed by atoms with Gasteiger partial charge in [-0.3, -0.25) is 39.1 Å². The van der Waals surface area contributed by atoms with E-state index in [9.17, 15) is 24.0 Å². The number of nitrogens with one attached hydrogen (secondary N) is 1. The van der Waals surface area contributed by atoms with Crippen molar-refractivity contribution in [2.24, 2.45) is 17.6 Å². The number of hydrogen-bond acceptors (Lipinski definition) is 9. The molecule has 0 radical (unpaired) electrons. The molecule has 3 saturated heterocycles. The fourth-order valence-corrected chi connectivity index (χ4v) is 4.61. The highest BCUT2D eigenvalue weighted by atomic mass is 16.5. The maximum absolute atomic E-state index is 13.2.